The Morgan fingerprint density at radius 2 is 1.82 bits per heavy atom. The quantitative estimate of drug-likeness (QED) is 0.666. The molecule has 0 saturated heterocycles. The van der Waals surface area contributed by atoms with Crippen molar-refractivity contribution in [2.45, 2.75) is 52.1 Å². The van der Waals surface area contributed by atoms with E-state index in [1.165, 1.54) is 25.7 Å². The van der Waals surface area contributed by atoms with Gasteiger partial charge in [-0.05, 0) is 18.3 Å². The number of hydrogen-bond acceptors (Lipinski definition) is 1. The van der Waals surface area contributed by atoms with Crippen LogP contribution in [0, 0.1) is 11.8 Å². The highest BCUT2D eigenvalue weighted by Gasteiger charge is 2.20. The largest absolute Gasteiger partial charge is 0.393 e. The van der Waals surface area contributed by atoms with Gasteiger partial charge < -0.3 is 5.11 Å². The minimum atomic E-state index is -0.0573. The lowest BCUT2D eigenvalue weighted by Crippen LogP contribution is -2.17. The van der Waals surface area contributed by atoms with Crippen LogP contribution in [0.2, 0.25) is 0 Å². The van der Waals surface area contributed by atoms with Gasteiger partial charge in [0.1, 0.15) is 0 Å². The van der Waals surface area contributed by atoms with Gasteiger partial charge >= 0.3 is 0 Å². The molecule has 0 heterocycles. The van der Waals surface area contributed by atoms with E-state index in [2.05, 4.69) is 13.8 Å². The second kappa shape index (κ2) is 4.10. The van der Waals surface area contributed by atoms with E-state index >= 15 is 0 Å². The van der Waals surface area contributed by atoms with Crippen molar-refractivity contribution in [3.8, 4) is 0 Å². The fourth-order valence-electron chi connectivity index (χ4n) is 1.86. The molecule has 1 heteroatoms. The van der Waals surface area contributed by atoms with Crippen molar-refractivity contribution in [2.75, 3.05) is 0 Å². The predicted molar refractivity (Wildman–Crippen MR) is 47.4 cm³/mol. The van der Waals surface area contributed by atoms with Crippen LogP contribution in [-0.4, -0.2) is 11.2 Å². The fraction of sp³-hybridized carbons (Fsp3) is 1.00. The van der Waals surface area contributed by atoms with E-state index in [0.717, 1.165) is 12.3 Å². The first-order valence-corrected chi connectivity index (χ1v) is 4.88. The minimum Gasteiger partial charge on any atom is -0.393 e. The van der Waals surface area contributed by atoms with Gasteiger partial charge in [-0.25, -0.2) is 0 Å². The van der Waals surface area contributed by atoms with Crippen molar-refractivity contribution >= 4 is 0 Å². The van der Waals surface area contributed by atoms with E-state index in [1.807, 2.05) is 0 Å². The van der Waals surface area contributed by atoms with Crippen molar-refractivity contribution in [3.63, 3.8) is 0 Å². The monoisotopic (exact) mass is 156 g/mol. The molecule has 0 amide bonds. The highest BCUT2D eigenvalue weighted by molar-refractivity contribution is 4.72. The molecule has 0 aromatic heterocycles. The van der Waals surface area contributed by atoms with E-state index in [1.54, 1.807) is 0 Å². The van der Waals surface area contributed by atoms with Crippen molar-refractivity contribution in [3.05, 3.63) is 0 Å². The van der Waals surface area contributed by atoms with Crippen LogP contribution in [0.3, 0.4) is 0 Å². The Balaban J connectivity index is 2.18. The average Bonchev–Trinajstić information content (AvgIpc) is 2.39. The smallest absolute Gasteiger partial charge is 0.0565 e. The highest BCUT2D eigenvalue weighted by atomic mass is 16.3. The van der Waals surface area contributed by atoms with Crippen molar-refractivity contribution in [1.82, 2.24) is 0 Å². The van der Waals surface area contributed by atoms with Crippen LogP contribution in [-0.2, 0) is 0 Å². The third-order valence-corrected chi connectivity index (χ3v) is 2.82. The van der Waals surface area contributed by atoms with Gasteiger partial charge in [0.15, 0.2) is 0 Å². The number of aliphatic hydroxyl groups is 1. The molecule has 1 saturated carbocycles. The number of aliphatic hydroxyl groups excluding tert-OH is 1. The summed E-state index contributed by atoms with van der Waals surface area (Å²) in [5.41, 5.74) is 0. The maximum atomic E-state index is 9.59. The summed E-state index contributed by atoms with van der Waals surface area (Å²) in [6, 6.07) is 0. The molecule has 1 N–H and O–H groups in total. The molecule has 1 unspecified atom stereocenters. The zero-order chi connectivity index (χ0) is 8.27. The zero-order valence-electron chi connectivity index (χ0n) is 7.71. The summed E-state index contributed by atoms with van der Waals surface area (Å²) in [7, 11) is 0. The van der Waals surface area contributed by atoms with E-state index in [0.29, 0.717) is 5.92 Å². The molecule has 1 aliphatic rings. The molecule has 1 atom stereocenters. The van der Waals surface area contributed by atoms with Gasteiger partial charge in [0.05, 0.1) is 6.10 Å². The summed E-state index contributed by atoms with van der Waals surface area (Å²) < 4.78 is 0. The average molecular weight is 156 g/mol. The van der Waals surface area contributed by atoms with Gasteiger partial charge in [-0.3, -0.25) is 0 Å². The Kier molecular flexibility index (Phi) is 3.38. The second-order valence-corrected chi connectivity index (χ2v) is 4.20. The Labute approximate surface area is 69.8 Å². The molecule has 1 fully saturated rings. The summed E-state index contributed by atoms with van der Waals surface area (Å²) in [5.74, 6) is 1.27. The Morgan fingerprint density at radius 1 is 1.27 bits per heavy atom. The van der Waals surface area contributed by atoms with E-state index in [9.17, 15) is 5.11 Å². The molecule has 1 nitrogen and oxygen atoms in total. The van der Waals surface area contributed by atoms with Crippen LogP contribution in [0.4, 0.5) is 0 Å². The first-order valence-electron chi connectivity index (χ1n) is 4.88. The number of rotatable bonds is 3. The fourth-order valence-corrected chi connectivity index (χ4v) is 1.86. The SMILES string of the molecule is CC(C)C(O)CC1CCCC1. The zero-order valence-corrected chi connectivity index (χ0v) is 7.71. The van der Waals surface area contributed by atoms with Crippen molar-refractivity contribution < 1.29 is 5.11 Å². The molecule has 11 heavy (non-hydrogen) atoms. The van der Waals surface area contributed by atoms with Gasteiger partial charge in [0, 0.05) is 0 Å². The maximum absolute atomic E-state index is 9.59. The lowest BCUT2D eigenvalue weighted by Gasteiger charge is -2.18. The molecular weight excluding hydrogens is 136 g/mol. The minimum absolute atomic E-state index is 0.0573. The Bertz CT molecular complexity index is 103. The van der Waals surface area contributed by atoms with Crippen molar-refractivity contribution in [1.29, 1.82) is 0 Å². The normalized spacial score (nSPS) is 22.9. The lowest BCUT2D eigenvalue weighted by molar-refractivity contribution is 0.0980. The molecule has 0 bridgehead atoms. The third-order valence-electron chi connectivity index (χ3n) is 2.82. The molecular formula is C10H20O. The van der Waals surface area contributed by atoms with E-state index in [-0.39, 0.29) is 6.10 Å². The highest BCUT2D eigenvalue weighted by Crippen LogP contribution is 2.29. The molecule has 0 aliphatic heterocycles. The summed E-state index contributed by atoms with van der Waals surface area (Å²) >= 11 is 0. The van der Waals surface area contributed by atoms with Crippen LogP contribution < -0.4 is 0 Å². The third kappa shape index (κ3) is 2.82. The Hall–Kier alpha value is -0.0400. The summed E-state index contributed by atoms with van der Waals surface area (Å²) in [6.45, 7) is 4.19. The van der Waals surface area contributed by atoms with Crippen molar-refractivity contribution in [2.24, 2.45) is 11.8 Å². The van der Waals surface area contributed by atoms with Crippen LogP contribution in [0.5, 0.6) is 0 Å². The van der Waals surface area contributed by atoms with Crippen LogP contribution >= 0.6 is 0 Å². The molecule has 0 aromatic rings. The van der Waals surface area contributed by atoms with Gasteiger partial charge in [-0.1, -0.05) is 39.5 Å². The molecule has 1 rings (SSSR count). The molecule has 0 radical (unpaired) electrons. The first kappa shape index (κ1) is 9.05. The van der Waals surface area contributed by atoms with Gasteiger partial charge in [0.25, 0.3) is 0 Å². The summed E-state index contributed by atoms with van der Waals surface area (Å²) in [5, 5.41) is 9.59. The standard InChI is InChI=1S/C10H20O/c1-8(2)10(11)7-9-5-3-4-6-9/h8-11H,3-7H2,1-2H3. The van der Waals surface area contributed by atoms with Gasteiger partial charge in [-0.2, -0.15) is 0 Å². The van der Waals surface area contributed by atoms with Gasteiger partial charge in [0.2, 0.25) is 0 Å². The topological polar surface area (TPSA) is 20.2 Å². The van der Waals surface area contributed by atoms with Gasteiger partial charge in [-0.15, -0.1) is 0 Å². The second-order valence-electron chi connectivity index (χ2n) is 4.20. The van der Waals surface area contributed by atoms with Crippen LogP contribution in [0.25, 0.3) is 0 Å². The molecule has 0 aromatic carbocycles. The van der Waals surface area contributed by atoms with Crippen LogP contribution in [0.15, 0.2) is 0 Å². The van der Waals surface area contributed by atoms with E-state index < -0.39 is 0 Å². The molecule has 1 aliphatic carbocycles. The molecule has 66 valence electrons. The lowest BCUT2D eigenvalue weighted by atomic mass is 9.94. The van der Waals surface area contributed by atoms with E-state index in [4.69, 9.17) is 0 Å². The summed E-state index contributed by atoms with van der Waals surface area (Å²) in [4.78, 5) is 0. The molecule has 0 spiro atoms. The Morgan fingerprint density at radius 3 is 2.27 bits per heavy atom. The predicted octanol–water partition coefficient (Wildman–Crippen LogP) is 2.58. The number of hydrogen-bond donors (Lipinski definition) is 1. The summed E-state index contributed by atoms with van der Waals surface area (Å²) in [6.07, 6.45) is 6.45. The maximum Gasteiger partial charge on any atom is 0.0565 e. The first-order chi connectivity index (χ1) is 5.20. The van der Waals surface area contributed by atoms with Crippen LogP contribution in [0.1, 0.15) is 46.0 Å².